The van der Waals surface area contributed by atoms with E-state index in [0.717, 1.165) is 0 Å². The molecule has 0 aliphatic rings. The number of rotatable bonds is 10. The fourth-order valence-electron chi connectivity index (χ4n) is 1.64. The Balaban J connectivity index is 2.88. The van der Waals surface area contributed by atoms with Crippen molar-refractivity contribution in [1.29, 1.82) is 0 Å². The quantitative estimate of drug-likeness (QED) is 0.415. The van der Waals surface area contributed by atoms with Crippen LogP contribution in [0.25, 0.3) is 0 Å². The molecule has 1 nitrogen and oxygen atoms in total. The fraction of sp³-hybridized carbons (Fsp3) is 0.846. The van der Waals surface area contributed by atoms with Gasteiger partial charge < -0.3 is 5.73 Å². The first-order valence-electron chi connectivity index (χ1n) is 6.14. The second kappa shape index (κ2) is 10.8. The molecule has 0 rings (SSSR count). The summed E-state index contributed by atoms with van der Waals surface area (Å²) < 4.78 is 0. The molecule has 0 saturated heterocycles. The van der Waals surface area contributed by atoms with Crippen molar-refractivity contribution in [3.8, 4) is 0 Å². The van der Waals surface area contributed by atoms with Crippen molar-refractivity contribution >= 4 is 0 Å². The molecule has 0 fully saturated rings. The smallest absolute Gasteiger partial charge is 0.00104 e. The standard InChI is InChI=1S/C13H27N/c1-3-4-5-6-7-8-9-10-11-12-13(2)14/h3,13H,1,4-12,14H2,2H3. The summed E-state index contributed by atoms with van der Waals surface area (Å²) in [4.78, 5) is 0. The van der Waals surface area contributed by atoms with Gasteiger partial charge in [0.1, 0.15) is 0 Å². The van der Waals surface area contributed by atoms with Crippen molar-refractivity contribution in [2.75, 3.05) is 0 Å². The van der Waals surface area contributed by atoms with E-state index in [1.807, 2.05) is 6.08 Å². The molecular weight excluding hydrogens is 170 g/mol. The molecule has 0 aromatic carbocycles. The minimum Gasteiger partial charge on any atom is -0.328 e. The summed E-state index contributed by atoms with van der Waals surface area (Å²) in [6, 6.07) is 0.391. The highest BCUT2D eigenvalue weighted by atomic mass is 14.6. The molecule has 0 amide bonds. The Bertz CT molecular complexity index is 118. The molecule has 0 aromatic heterocycles. The second-order valence-corrected chi connectivity index (χ2v) is 4.32. The van der Waals surface area contributed by atoms with Gasteiger partial charge in [0.15, 0.2) is 0 Å². The molecule has 1 heteroatoms. The molecule has 0 heterocycles. The van der Waals surface area contributed by atoms with Crippen LogP contribution >= 0.6 is 0 Å². The van der Waals surface area contributed by atoms with E-state index in [4.69, 9.17) is 5.73 Å². The molecule has 0 aliphatic carbocycles. The first-order valence-corrected chi connectivity index (χ1v) is 6.14. The highest BCUT2D eigenvalue weighted by Crippen LogP contribution is 2.10. The predicted molar refractivity (Wildman–Crippen MR) is 65.4 cm³/mol. The van der Waals surface area contributed by atoms with Crippen LogP contribution in [-0.4, -0.2) is 6.04 Å². The van der Waals surface area contributed by atoms with Crippen LogP contribution in [0, 0.1) is 0 Å². The summed E-state index contributed by atoms with van der Waals surface area (Å²) >= 11 is 0. The van der Waals surface area contributed by atoms with E-state index in [1.165, 1.54) is 57.8 Å². The van der Waals surface area contributed by atoms with E-state index in [1.54, 1.807) is 0 Å². The summed E-state index contributed by atoms with van der Waals surface area (Å²) in [5.41, 5.74) is 5.68. The predicted octanol–water partition coefficient (Wildman–Crippen LogP) is 4.03. The lowest BCUT2D eigenvalue weighted by Crippen LogP contribution is -2.13. The Labute approximate surface area is 89.8 Å². The van der Waals surface area contributed by atoms with Crippen molar-refractivity contribution in [2.45, 2.75) is 70.8 Å². The van der Waals surface area contributed by atoms with Crippen LogP contribution < -0.4 is 5.73 Å². The first-order chi connectivity index (χ1) is 6.77. The highest BCUT2D eigenvalue weighted by molar-refractivity contribution is 4.65. The molecule has 1 unspecified atom stereocenters. The molecule has 0 bridgehead atoms. The summed E-state index contributed by atoms with van der Waals surface area (Å²) in [5, 5.41) is 0. The van der Waals surface area contributed by atoms with E-state index in [9.17, 15) is 0 Å². The Kier molecular flexibility index (Phi) is 10.5. The van der Waals surface area contributed by atoms with Gasteiger partial charge in [0.05, 0.1) is 0 Å². The maximum Gasteiger partial charge on any atom is 0.00104 e. The highest BCUT2D eigenvalue weighted by Gasteiger charge is 1.94. The first kappa shape index (κ1) is 13.7. The average molecular weight is 197 g/mol. The maximum atomic E-state index is 5.68. The SMILES string of the molecule is C=CCCCCCCCCCC(C)N. The molecule has 0 saturated carbocycles. The summed E-state index contributed by atoms with van der Waals surface area (Å²) in [6.07, 6.45) is 13.9. The third-order valence-corrected chi connectivity index (χ3v) is 2.57. The van der Waals surface area contributed by atoms with Crippen molar-refractivity contribution < 1.29 is 0 Å². The van der Waals surface area contributed by atoms with Gasteiger partial charge in [0.25, 0.3) is 0 Å². The van der Waals surface area contributed by atoms with Gasteiger partial charge in [-0.3, -0.25) is 0 Å². The van der Waals surface area contributed by atoms with E-state index in [-0.39, 0.29) is 0 Å². The topological polar surface area (TPSA) is 26.0 Å². The largest absolute Gasteiger partial charge is 0.328 e. The molecule has 0 aliphatic heterocycles. The van der Waals surface area contributed by atoms with Crippen molar-refractivity contribution in [2.24, 2.45) is 5.73 Å². The van der Waals surface area contributed by atoms with Crippen molar-refractivity contribution in [1.82, 2.24) is 0 Å². The van der Waals surface area contributed by atoms with Crippen LogP contribution in [0.5, 0.6) is 0 Å². The van der Waals surface area contributed by atoms with Gasteiger partial charge in [0, 0.05) is 6.04 Å². The van der Waals surface area contributed by atoms with E-state index < -0.39 is 0 Å². The third-order valence-electron chi connectivity index (χ3n) is 2.57. The number of hydrogen-bond donors (Lipinski definition) is 1. The lowest BCUT2D eigenvalue weighted by Gasteiger charge is -2.04. The zero-order chi connectivity index (χ0) is 10.6. The van der Waals surface area contributed by atoms with Gasteiger partial charge >= 0.3 is 0 Å². The van der Waals surface area contributed by atoms with Gasteiger partial charge in [-0.25, -0.2) is 0 Å². The third kappa shape index (κ3) is 11.7. The molecular formula is C13H27N. The Morgan fingerprint density at radius 3 is 2.00 bits per heavy atom. The van der Waals surface area contributed by atoms with Crippen LogP contribution in [0.4, 0.5) is 0 Å². The Morgan fingerprint density at radius 2 is 1.50 bits per heavy atom. The molecule has 0 spiro atoms. The summed E-state index contributed by atoms with van der Waals surface area (Å²) in [5.74, 6) is 0. The summed E-state index contributed by atoms with van der Waals surface area (Å²) in [7, 11) is 0. The lowest BCUT2D eigenvalue weighted by molar-refractivity contribution is 0.544. The molecule has 1 atom stereocenters. The van der Waals surface area contributed by atoms with Crippen molar-refractivity contribution in [3.05, 3.63) is 12.7 Å². The second-order valence-electron chi connectivity index (χ2n) is 4.32. The molecule has 14 heavy (non-hydrogen) atoms. The molecule has 84 valence electrons. The molecule has 0 aromatic rings. The van der Waals surface area contributed by atoms with Crippen LogP contribution in [0.15, 0.2) is 12.7 Å². The minimum absolute atomic E-state index is 0.391. The number of hydrogen-bond acceptors (Lipinski definition) is 1. The zero-order valence-electron chi connectivity index (χ0n) is 9.80. The van der Waals surface area contributed by atoms with Gasteiger partial charge in [-0.05, 0) is 26.2 Å². The molecule has 2 N–H and O–H groups in total. The van der Waals surface area contributed by atoms with E-state index >= 15 is 0 Å². The van der Waals surface area contributed by atoms with E-state index in [0.29, 0.717) is 6.04 Å². The van der Waals surface area contributed by atoms with Crippen LogP contribution in [0.1, 0.15) is 64.7 Å². The maximum absolute atomic E-state index is 5.68. The number of unbranched alkanes of at least 4 members (excludes halogenated alkanes) is 7. The van der Waals surface area contributed by atoms with Crippen LogP contribution in [0.3, 0.4) is 0 Å². The number of allylic oxidation sites excluding steroid dienone is 1. The Hall–Kier alpha value is -0.300. The van der Waals surface area contributed by atoms with Crippen LogP contribution in [0.2, 0.25) is 0 Å². The average Bonchev–Trinajstić information content (AvgIpc) is 2.15. The lowest BCUT2D eigenvalue weighted by atomic mass is 10.1. The fourth-order valence-corrected chi connectivity index (χ4v) is 1.64. The molecule has 0 radical (unpaired) electrons. The number of nitrogens with two attached hydrogens (primary N) is 1. The van der Waals surface area contributed by atoms with Gasteiger partial charge in [-0.15, -0.1) is 6.58 Å². The normalized spacial score (nSPS) is 12.7. The van der Waals surface area contributed by atoms with Crippen LogP contribution in [-0.2, 0) is 0 Å². The minimum atomic E-state index is 0.391. The Morgan fingerprint density at radius 1 is 1.00 bits per heavy atom. The van der Waals surface area contributed by atoms with Gasteiger partial charge in [-0.1, -0.05) is 44.6 Å². The van der Waals surface area contributed by atoms with Gasteiger partial charge in [0.2, 0.25) is 0 Å². The summed E-state index contributed by atoms with van der Waals surface area (Å²) in [6.45, 7) is 5.82. The van der Waals surface area contributed by atoms with E-state index in [2.05, 4.69) is 13.5 Å². The van der Waals surface area contributed by atoms with Gasteiger partial charge in [-0.2, -0.15) is 0 Å². The zero-order valence-corrected chi connectivity index (χ0v) is 9.80. The van der Waals surface area contributed by atoms with Crippen molar-refractivity contribution in [3.63, 3.8) is 0 Å². The monoisotopic (exact) mass is 197 g/mol.